The second kappa shape index (κ2) is 12.9. The lowest BCUT2D eigenvalue weighted by Crippen LogP contribution is -2.50. The lowest BCUT2D eigenvalue weighted by molar-refractivity contribution is 0.0387. The normalized spacial score (nSPS) is 18.3. The van der Waals surface area contributed by atoms with E-state index in [-0.39, 0.29) is 52.4 Å². The number of fused-ring (bicyclic) bond motifs is 1. The average Bonchev–Trinajstić information content (AvgIpc) is 2.98. The van der Waals surface area contributed by atoms with E-state index in [2.05, 4.69) is 4.72 Å². The maximum atomic E-state index is 13.7. The van der Waals surface area contributed by atoms with Crippen molar-refractivity contribution in [2.45, 2.75) is 35.8 Å². The maximum absolute atomic E-state index is 13.7. The molecule has 1 aliphatic heterocycles. The summed E-state index contributed by atoms with van der Waals surface area (Å²) in [6.45, 7) is 3.22. The summed E-state index contributed by atoms with van der Waals surface area (Å²) < 4.78 is 80.7. The fraction of sp³-hybridized carbons (Fsp3) is 0.345. The van der Waals surface area contributed by atoms with Gasteiger partial charge < -0.3 is 19.5 Å². The predicted molar refractivity (Wildman–Crippen MR) is 158 cm³/mol. The number of nitrogens with zero attached hydrogens (tertiary/aromatic N) is 2. The van der Waals surface area contributed by atoms with Crippen molar-refractivity contribution in [1.29, 1.82) is 0 Å². The summed E-state index contributed by atoms with van der Waals surface area (Å²) in [5.41, 5.74) is 0.0816. The zero-order valence-corrected chi connectivity index (χ0v) is 25.7. The number of anilines is 1. The second-order valence-electron chi connectivity index (χ2n) is 10.4. The van der Waals surface area contributed by atoms with E-state index < -0.39 is 43.9 Å². The molecule has 232 valence electrons. The number of sulfonamides is 2. The first-order valence-corrected chi connectivity index (χ1v) is 16.3. The van der Waals surface area contributed by atoms with Gasteiger partial charge in [-0.1, -0.05) is 6.92 Å². The van der Waals surface area contributed by atoms with E-state index in [9.17, 15) is 31.1 Å². The molecule has 11 nitrogen and oxygen atoms in total. The molecule has 0 saturated carbocycles. The SMILES string of the molecule is COc1ccc(S(=O)(=O)N(C)C[C@H]2Oc3ccc(NS(=O)(=O)c4ccc(F)cc4)cc3C(=O)N([C@H](C)CO)C[C@H]2C)cc1. The highest BCUT2D eigenvalue weighted by Gasteiger charge is 2.35. The van der Waals surface area contributed by atoms with Crippen LogP contribution < -0.4 is 14.2 Å². The van der Waals surface area contributed by atoms with Gasteiger partial charge >= 0.3 is 0 Å². The van der Waals surface area contributed by atoms with Gasteiger partial charge in [0.05, 0.1) is 41.7 Å². The molecular weight excluding hydrogens is 601 g/mol. The van der Waals surface area contributed by atoms with Gasteiger partial charge in [0.1, 0.15) is 23.4 Å². The Balaban J connectivity index is 1.67. The zero-order valence-electron chi connectivity index (χ0n) is 24.1. The first-order valence-electron chi connectivity index (χ1n) is 13.4. The van der Waals surface area contributed by atoms with E-state index in [0.29, 0.717) is 5.75 Å². The third kappa shape index (κ3) is 7.09. The van der Waals surface area contributed by atoms with Crippen molar-refractivity contribution in [1.82, 2.24) is 9.21 Å². The largest absolute Gasteiger partial charge is 0.497 e. The molecule has 3 atom stereocenters. The molecule has 1 aliphatic rings. The van der Waals surface area contributed by atoms with Crippen LogP contribution in [0.3, 0.4) is 0 Å². The molecule has 3 aromatic rings. The Kier molecular flexibility index (Phi) is 9.64. The molecule has 0 aromatic heterocycles. The number of carbonyl (C=O) groups is 1. The third-order valence-corrected chi connectivity index (χ3v) is 10.5. The summed E-state index contributed by atoms with van der Waals surface area (Å²) in [5, 5.41) is 9.90. The molecule has 3 aromatic carbocycles. The standard InChI is InChI=1S/C29H34FN3O8S2/c1-19-16-33(20(2)18-34)29(35)26-15-22(31-42(36,37)24-10-5-21(30)6-11-24)7-14-27(26)41-28(19)17-32(3)43(38,39)25-12-8-23(40-4)9-13-25/h5-15,19-20,28,31,34H,16-18H2,1-4H3/t19-,20-,28-/m1/s1. The maximum Gasteiger partial charge on any atom is 0.261 e. The van der Waals surface area contributed by atoms with Crippen LogP contribution in [0.5, 0.6) is 11.5 Å². The highest BCUT2D eigenvalue weighted by molar-refractivity contribution is 7.92. The van der Waals surface area contributed by atoms with Gasteiger partial charge in [0.2, 0.25) is 10.0 Å². The van der Waals surface area contributed by atoms with Gasteiger partial charge in [0.15, 0.2) is 0 Å². The minimum absolute atomic E-state index is 0.0252. The number of aliphatic hydroxyl groups is 1. The van der Waals surface area contributed by atoms with Crippen molar-refractivity contribution in [3.05, 3.63) is 78.1 Å². The first kappa shape index (κ1) is 32.2. The fourth-order valence-electron chi connectivity index (χ4n) is 4.61. The number of amides is 1. The van der Waals surface area contributed by atoms with Crippen LogP contribution >= 0.6 is 0 Å². The molecule has 0 saturated heterocycles. The van der Waals surface area contributed by atoms with Gasteiger partial charge in [-0.3, -0.25) is 9.52 Å². The number of hydrogen-bond donors (Lipinski definition) is 2. The van der Waals surface area contributed by atoms with E-state index in [1.165, 1.54) is 53.7 Å². The molecule has 4 rings (SSSR count). The number of halogens is 1. The van der Waals surface area contributed by atoms with Gasteiger partial charge in [0, 0.05) is 25.2 Å². The Bertz CT molecular complexity index is 1670. The minimum atomic E-state index is -4.11. The van der Waals surface area contributed by atoms with E-state index in [1.807, 2.05) is 6.92 Å². The second-order valence-corrected chi connectivity index (χ2v) is 14.1. The Hall–Kier alpha value is -3.72. The molecule has 0 unspecified atom stereocenters. The van der Waals surface area contributed by atoms with Gasteiger partial charge in [-0.15, -0.1) is 0 Å². The quantitative estimate of drug-likeness (QED) is 0.346. The van der Waals surface area contributed by atoms with Crippen molar-refractivity contribution >= 4 is 31.6 Å². The smallest absolute Gasteiger partial charge is 0.261 e. The number of hydrogen-bond acceptors (Lipinski definition) is 8. The van der Waals surface area contributed by atoms with Crippen molar-refractivity contribution in [3.8, 4) is 11.5 Å². The number of carbonyl (C=O) groups excluding carboxylic acids is 1. The number of nitrogens with one attached hydrogen (secondary N) is 1. The highest BCUT2D eigenvalue weighted by atomic mass is 32.2. The Morgan fingerprint density at radius 2 is 1.70 bits per heavy atom. The molecule has 1 heterocycles. The first-order chi connectivity index (χ1) is 20.3. The van der Waals surface area contributed by atoms with Crippen LogP contribution in [0.2, 0.25) is 0 Å². The van der Waals surface area contributed by atoms with Crippen molar-refractivity contribution in [2.75, 3.05) is 38.6 Å². The zero-order chi connectivity index (χ0) is 31.5. The molecule has 0 fully saturated rings. The van der Waals surface area contributed by atoms with E-state index in [1.54, 1.807) is 19.1 Å². The molecule has 0 aliphatic carbocycles. The Labute approximate surface area is 250 Å². The molecule has 0 bridgehead atoms. The van der Waals surface area contributed by atoms with Gasteiger partial charge in [-0.05, 0) is 73.7 Å². The average molecular weight is 636 g/mol. The Morgan fingerprint density at radius 1 is 1.07 bits per heavy atom. The summed E-state index contributed by atoms with van der Waals surface area (Å²) in [6, 6.07) is 13.8. The van der Waals surface area contributed by atoms with E-state index in [0.717, 1.165) is 24.3 Å². The summed E-state index contributed by atoms with van der Waals surface area (Å²) in [4.78, 5) is 15.0. The van der Waals surface area contributed by atoms with Crippen LogP contribution in [0.1, 0.15) is 24.2 Å². The van der Waals surface area contributed by atoms with Crippen molar-refractivity contribution in [3.63, 3.8) is 0 Å². The third-order valence-electron chi connectivity index (χ3n) is 7.25. The lowest BCUT2D eigenvalue weighted by Gasteiger charge is -2.38. The van der Waals surface area contributed by atoms with Crippen molar-refractivity contribution in [2.24, 2.45) is 5.92 Å². The summed E-state index contributed by atoms with van der Waals surface area (Å²) in [6.07, 6.45) is -0.722. The van der Waals surface area contributed by atoms with Crippen LogP contribution in [0.4, 0.5) is 10.1 Å². The van der Waals surface area contributed by atoms with Crippen molar-refractivity contribution < 1.29 is 40.6 Å². The monoisotopic (exact) mass is 635 g/mol. The number of benzene rings is 3. The summed E-state index contributed by atoms with van der Waals surface area (Å²) >= 11 is 0. The topological polar surface area (TPSA) is 143 Å². The van der Waals surface area contributed by atoms with Gasteiger partial charge in [0.25, 0.3) is 15.9 Å². The summed E-state index contributed by atoms with van der Waals surface area (Å²) in [7, 11) is -5.11. The molecule has 14 heteroatoms. The lowest BCUT2D eigenvalue weighted by atomic mass is 9.99. The molecule has 2 N–H and O–H groups in total. The van der Waals surface area contributed by atoms with Gasteiger partial charge in [-0.2, -0.15) is 4.31 Å². The number of rotatable bonds is 10. The molecule has 43 heavy (non-hydrogen) atoms. The Morgan fingerprint density at radius 3 is 2.30 bits per heavy atom. The summed E-state index contributed by atoms with van der Waals surface area (Å²) in [5.74, 6) is -0.818. The molecule has 1 amide bonds. The van der Waals surface area contributed by atoms with Crippen LogP contribution in [0.15, 0.2) is 76.5 Å². The van der Waals surface area contributed by atoms with E-state index in [4.69, 9.17) is 9.47 Å². The number of methoxy groups -OCH3 is 1. The van der Waals surface area contributed by atoms with E-state index >= 15 is 0 Å². The van der Waals surface area contributed by atoms with Crippen LogP contribution in [-0.4, -0.2) is 83.1 Å². The molecular formula is C29H34FN3O8S2. The van der Waals surface area contributed by atoms with Crippen LogP contribution in [0.25, 0.3) is 0 Å². The van der Waals surface area contributed by atoms with Crippen LogP contribution in [-0.2, 0) is 20.0 Å². The van der Waals surface area contributed by atoms with Gasteiger partial charge in [-0.25, -0.2) is 21.2 Å². The van der Waals surface area contributed by atoms with Crippen LogP contribution in [0, 0.1) is 11.7 Å². The number of likely N-dealkylation sites (N-methyl/N-ethyl adjacent to an activating group) is 1. The molecule has 0 radical (unpaired) electrons. The predicted octanol–water partition coefficient (Wildman–Crippen LogP) is 3.18. The highest BCUT2D eigenvalue weighted by Crippen LogP contribution is 2.32. The molecule has 0 spiro atoms. The number of ether oxygens (including phenoxy) is 2. The number of aliphatic hydroxyl groups excluding tert-OH is 1. The fourth-order valence-corrected chi connectivity index (χ4v) is 6.84. The minimum Gasteiger partial charge on any atom is -0.497 e.